The second kappa shape index (κ2) is 7.64. The van der Waals surface area contributed by atoms with Gasteiger partial charge in [-0.1, -0.05) is 18.2 Å². The molecule has 0 saturated heterocycles. The van der Waals surface area contributed by atoms with Crippen molar-refractivity contribution in [3.8, 4) is 0 Å². The molecular weight excluding hydrogens is 404 g/mol. The van der Waals surface area contributed by atoms with E-state index in [0.29, 0.717) is 23.9 Å². The average Bonchev–Trinajstić information content (AvgIpc) is 3.14. The summed E-state index contributed by atoms with van der Waals surface area (Å²) in [4.78, 5) is 38.0. The smallest absolute Gasteiger partial charge is 0.254 e. The highest BCUT2D eigenvalue weighted by atomic mass is 16.2. The van der Waals surface area contributed by atoms with E-state index < -0.39 is 0 Å². The minimum Gasteiger partial charge on any atom is -0.341 e. The minimum absolute atomic E-state index is 0.00517. The van der Waals surface area contributed by atoms with Gasteiger partial charge < -0.3 is 15.5 Å². The molecule has 2 aliphatic heterocycles. The molecule has 2 N–H and O–H groups in total. The van der Waals surface area contributed by atoms with Crippen LogP contribution in [0, 0.1) is 0 Å². The highest BCUT2D eigenvalue weighted by Gasteiger charge is 2.39. The fourth-order valence-electron chi connectivity index (χ4n) is 4.35. The number of para-hydroxylation sites is 1. The summed E-state index contributed by atoms with van der Waals surface area (Å²) in [5, 5.41) is 6.08. The summed E-state index contributed by atoms with van der Waals surface area (Å²) < 4.78 is 0. The Labute approximate surface area is 186 Å². The molecule has 0 fully saturated rings. The molecule has 2 amide bonds. The molecule has 1 aromatic heterocycles. The number of benzene rings is 2. The van der Waals surface area contributed by atoms with Crippen molar-refractivity contribution in [2.45, 2.75) is 39.3 Å². The van der Waals surface area contributed by atoms with Crippen molar-refractivity contribution in [1.82, 2.24) is 9.97 Å². The normalized spacial score (nSPS) is 17.3. The summed E-state index contributed by atoms with van der Waals surface area (Å²) in [5.41, 5.74) is 4.02. The van der Waals surface area contributed by atoms with Crippen LogP contribution in [-0.2, 0) is 16.0 Å². The van der Waals surface area contributed by atoms with Gasteiger partial charge in [0.05, 0.1) is 12.6 Å². The summed E-state index contributed by atoms with van der Waals surface area (Å²) in [6.07, 6.45) is 2.05. The molecule has 2 aromatic carbocycles. The quantitative estimate of drug-likeness (QED) is 0.653. The van der Waals surface area contributed by atoms with Crippen molar-refractivity contribution in [3.05, 3.63) is 60.3 Å². The standard InChI is InChI=1S/C24H24N6O2/c1-14(2)29-15(3)23(32)30(18-7-5-4-6-8-18)20-13-25-24(28-22(20)29)26-17-9-10-19-16(11-17)12-21(31)27-19/h4-11,13-15H,12H2,1-3H3,(H,27,31)(H,25,26,28). The number of aromatic nitrogens is 2. The van der Waals surface area contributed by atoms with Gasteiger partial charge in [-0.15, -0.1) is 0 Å². The van der Waals surface area contributed by atoms with E-state index in [4.69, 9.17) is 4.98 Å². The highest BCUT2D eigenvalue weighted by Crippen LogP contribution is 2.40. The van der Waals surface area contributed by atoms with Gasteiger partial charge in [0.15, 0.2) is 5.82 Å². The third-order valence-electron chi connectivity index (χ3n) is 5.79. The Bertz CT molecular complexity index is 1210. The van der Waals surface area contributed by atoms with E-state index in [9.17, 15) is 9.59 Å². The highest BCUT2D eigenvalue weighted by molar-refractivity contribution is 6.09. The molecule has 162 valence electrons. The van der Waals surface area contributed by atoms with Gasteiger partial charge in [0.25, 0.3) is 5.91 Å². The Kier molecular flexibility index (Phi) is 4.77. The van der Waals surface area contributed by atoms with Gasteiger partial charge in [0, 0.05) is 23.1 Å². The van der Waals surface area contributed by atoms with E-state index in [1.807, 2.05) is 74.2 Å². The summed E-state index contributed by atoms with van der Waals surface area (Å²) in [6, 6.07) is 14.9. The zero-order valence-electron chi connectivity index (χ0n) is 18.2. The summed E-state index contributed by atoms with van der Waals surface area (Å²) in [6.45, 7) is 6.00. The molecule has 0 spiro atoms. The van der Waals surface area contributed by atoms with Crippen LogP contribution in [0.4, 0.5) is 34.5 Å². The van der Waals surface area contributed by atoms with E-state index in [2.05, 4.69) is 15.6 Å². The van der Waals surface area contributed by atoms with Gasteiger partial charge in [0.2, 0.25) is 11.9 Å². The Morgan fingerprint density at radius 2 is 1.91 bits per heavy atom. The predicted octanol–water partition coefficient (Wildman–Crippen LogP) is 4.00. The number of anilines is 6. The fraction of sp³-hybridized carbons (Fsp3) is 0.250. The monoisotopic (exact) mass is 428 g/mol. The van der Waals surface area contributed by atoms with Crippen molar-refractivity contribution in [3.63, 3.8) is 0 Å². The van der Waals surface area contributed by atoms with Crippen LogP contribution in [0.5, 0.6) is 0 Å². The zero-order valence-corrected chi connectivity index (χ0v) is 18.2. The molecule has 1 unspecified atom stereocenters. The zero-order chi connectivity index (χ0) is 22.4. The van der Waals surface area contributed by atoms with Gasteiger partial charge >= 0.3 is 0 Å². The van der Waals surface area contributed by atoms with E-state index >= 15 is 0 Å². The summed E-state index contributed by atoms with van der Waals surface area (Å²) in [7, 11) is 0. The maximum atomic E-state index is 13.3. The number of hydrogen-bond donors (Lipinski definition) is 2. The van der Waals surface area contributed by atoms with Gasteiger partial charge in [-0.05, 0) is 56.7 Å². The van der Waals surface area contributed by atoms with Crippen molar-refractivity contribution >= 4 is 46.3 Å². The number of fused-ring (bicyclic) bond motifs is 2. The number of carbonyl (C=O) groups is 2. The van der Waals surface area contributed by atoms with Crippen LogP contribution in [-0.4, -0.2) is 33.9 Å². The molecule has 2 aliphatic rings. The van der Waals surface area contributed by atoms with Crippen LogP contribution in [0.1, 0.15) is 26.3 Å². The molecule has 0 aliphatic carbocycles. The predicted molar refractivity (Wildman–Crippen MR) is 125 cm³/mol. The molecule has 3 aromatic rings. The van der Waals surface area contributed by atoms with E-state index in [1.54, 1.807) is 11.1 Å². The number of amides is 2. The minimum atomic E-state index is -0.373. The molecule has 3 heterocycles. The lowest BCUT2D eigenvalue weighted by Gasteiger charge is -2.42. The summed E-state index contributed by atoms with van der Waals surface area (Å²) >= 11 is 0. The first-order valence-corrected chi connectivity index (χ1v) is 10.7. The molecule has 8 heteroatoms. The van der Waals surface area contributed by atoms with Gasteiger partial charge in [-0.25, -0.2) is 4.98 Å². The third kappa shape index (κ3) is 3.33. The van der Waals surface area contributed by atoms with E-state index in [1.165, 1.54) is 0 Å². The molecule has 5 rings (SSSR count). The molecule has 0 saturated carbocycles. The maximum absolute atomic E-state index is 13.3. The van der Waals surface area contributed by atoms with Crippen molar-refractivity contribution < 1.29 is 9.59 Å². The van der Waals surface area contributed by atoms with Crippen LogP contribution in [0.15, 0.2) is 54.7 Å². The van der Waals surface area contributed by atoms with Crippen molar-refractivity contribution in [1.29, 1.82) is 0 Å². The van der Waals surface area contributed by atoms with Crippen LogP contribution in [0.25, 0.3) is 0 Å². The van der Waals surface area contributed by atoms with E-state index in [-0.39, 0.29) is 23.9 Å². The average molecular weight is 428 g/mol. The number of hydrogen-bond acceptors (Lipinski definition) is 6. The van der Waals surface area contributed by atoms with Crippen molar-refractivity contribution in [2.24, 2.45) is 0 Å². The third-order valence-corrected chi connectivity index (χ3v) is 5.79. The second-order valence-corrected chi connectivity index (χ2v) is 8.31. The maximum Gasteiger partial charge on any atom is 0.254 e. The van der Waals surface area contributed by atoms with Gasteiger partial charge in [0.1, 0.15) is 11.7 Å². The molecule has 32 heavy (non-hydrogen) atoms. The van der Waals surface area contributed by atoms with Crippen LogP contribution < -0.4 is 20.4 Å². The lowest BCUT2D eigenvalue weighted by molar-refractivity contribution is -0.119. The Morgan fingerprint density at radius 1 is 1.12 bits per heavy atom. The SMILES string of the molecule is CC(C)N1c2nc(Nc3ccc4c(c3)CC(=O)N4)ncc2N(c2ccccc2)C(=O)C1C. The number of nitrogens with one attached hydrogen (secondary N) is 2. The van der Waals surface area contributed by atoms with Crippen molar-refractivity contribution in [2.75, 3.05) is 20.4 Å². The first kappa shape index (κ1) is 20.0. The summed E-state index contributed by atoms with van der Waals surface area (Å²) in [5.74, 6) is 1.11. The Balaban J connectivity index is 1.54. The van der Waals surface area contributed by atoms with E-state index in [0.717, 1.165) is 22.6 Å². The molecular formula is C24H24N6O2. The second-order valence-electron chi connectivity index (χ2n) is 8.31. The first-order valence-electron chi connectivity index (χ1n) is 10.7. The van der Waals surface area contributed by atoms with Gasteiger partial charge in [-0.3, -0.25) is 14.5 Å². The number of carbonyl (C=O) groups excluding carboxylic acids is 2. The molecule has 1 atom stereocenters. The largest absolute Gasteiger partial charge is 0.341 e. The topological polar surface area (TPSA) is 90.5 Å². The lowest BCUT2D eigenvalue weighted by Crippen LogP contribution is -2.53. The van der Waals surface area contributed by atoms with Crippen LogP contribution in [0.2, 0.25) is 0 Å². The Morgan fingerprint density at radius 3 is 2.66 bits per heavy atom. The molecule has 8 nitrogen and oxygen atoms in total. The number of nitrogens with zero attached hydrogens (tertiary/aromatic N) is 4. The van der Waals surface area contributed by atoms with Crippen LogP contribution >= 0.6 is 0 Å². The number of rotatable bonds is 4. The molecule has 0 bridgehead atoms. The first-order chi connectivity index (χ1) is 15.4. The molecule has 0 radical (unpaired) electrons. The lowest BCUT2D eigenvalue weighted by atomic mass is 10.1. The fourth-order valence-corrected chi connectivity index (χ4v) is 4.35. The van der Waals surface area contributed by atoms with Gasteiger partial charge in [-0.2, -0.15) is 4.98 Å². The Hall–Kier alpha value is -3.94. The van der Waals surface area contributed by atoms with Crippen LogP contribution in [0.3, 0.4) is 0 Å².